The van der Waals surface area contributed by atoms with E-state index in [0.29, 0.717) is 6.04 Å². The number of aliphatic hydroxyl groups excluding tert-OH is 1. The van der Waals surface area contributed by atoms with E-state index < -0.39 is 0 Å². The molecule has 1 fully saturated rings. The Kier molecular flexibility index (Phi) is 3.87. The summed E-state index contributed by atoms with van der Waals surface area (Å²) in [6.45, 7) is 3.28. The molecule has 0 aliphatic carbocycles. The molecule has 0 amide bonds. The van der Waals surface area contributed by atoms with Crippen LogP contribution >= 0.6 is 0 Å². The molecule has 11 heavy (non-hydrogen) atoms. The van der Waals surface area contributed by atoms with Crippen LogP contribution in [0.3, 0.4) is 0 Å². The van der Waals surface area contributed by atoms with Crippen LogP contribution < -0.4 is 5.32 Å². The maximum atomic E-state index is 9.53. The van der Waals surface area contributed by atoms with E-state index in [1.54, 1.807) is 0 Å². The number of nitrogens with one attached hydrogen (secondary N) is 1. The van der Waals surface area contributed by atoms with Gasteiger partial charge in [-0.2, -0.15) is 0 Å². The summed E-state index contributed by atoms with van der Waals surface area (Å²) in [7, 11) is 0. The number of piperidine rings is 1. The molecular formula is C9H19NO. The van der Waals surface area contributed by atoms with Crippen molar-refractivity contribution in [3.8, 4) is 0 Å². The second-order valence-electron chi connectivity index (χ2n) is 3.41. The second kappa shape index (κ2) is 4.73. The fourth-order valence-electron chi connectivity index (χ4n) is 1.65. The van der Waals surface area contributed by atoms with Crippen LogP contribution in [0.1, 0.15) is 39.0 Å². The van der Waals surface area contributed by atoms with Crippen molar-refractivity contribution >= 4 is 0 Å². The molecule has 0 radical (unpaired) electrons. The minimum Gasteiger partial charge on any atom is -0.392 e. The maximum absolute atomic E-state index is 9.53. The Morgan fingerprint density at radius 3 is 3.00 bits per heavy atom. The average Bonchev–Trinajstić information content (AvgIpc) is 2.03. The van der Waals surface area contributed by atoms with Crippen molar-refractivity contribution in [3.63, 3.8) is 0 Å². The molecule has 0 bridgehead atoms. The number of hydrogen-bond acceptors (Lipinski definition) is 2. The Labute approximate surface area is 69.0 Å². The summed E-state index contributed by atoms with van der Waals surface area (Å²) in [6.07, 6.45) is 5.62. The van der Waals surface area contributed by atoms with Crippen LogP contribution in [0, 0.1) is 0 Å². The zero-order chi connectivity index (χ0) is 8.10. The van der Waals surface area contributed by atoms with Gasteiger partial charge in [-0.3, -0.25) is 0 Å². The fraction of sp³-hybridized carbons (Fsp3) is 1.00. The first-order chi connectivity index (χ1) is 5.34. The summed E-state index contributed by atoms with van der Waals surface area (Å²) < 4.78 is 0. The Morgan fingerprint density at radius 2 is 2.36 bits per heavy atom. The lowest BCUT2D eigenvalue weighted by molar-refractivity contribution is 0.0914. The van der Waals surface area contributed by atoms with Crippen molar-refractivity contribution in [1.82, 2.24) is 5.32 Å². The molecular weight excluding hydrogens is 138 g/mol. The molecule has 0 aromatic heterocycles. The summed E-state index contributed by atoms with van der Waals surface area (Å²) in [5.74, 6) is 0. The summed E-state index contributed by atoms with van der Waals surface area (Å²) in [4.78, 5) is 0. The van der Waals surface area contributed by atoms with Crippen LogP contribution in [0.2, 0.25) is 0 Å². The third kappa shape index (κ3) is 2.80. The third-order valence-electron chi connectivity index (χ3n) is 2.42. The molecule has 2 atom stereocenters. The zero-order valence-electron chi connectivity index (χ0n) is 7.34. The molecule has 0 saturated carbocycles. The van der Waals surface area contributed by atoms with Gasteiger partial charge in [0.2, 0.25) is 0 Å². The van der Waals surface area contributed by atoms with Crippen LogP contribution in [-0.2, 0) is 0 Å². The highest BCUT2D eigenvalue weighted by atomic mass is 16.3. The van der Waals surface area contributed by atoms with Gasteiger partial charge in [-0.1, -0.05) is 19.8 Å². The second-order valence-corrected chi connectivity index (χ2v) is 3.41. The van der Waals surface area contributed by atoms with E-state index in [0.717, 1.165) is 25.8 Å². The van der Waals surface area contributed by atoms with Crippen molar-refractivity contribution in [2.24, 2.45) is 0 Å². The number of rotatable bonds is 3. The molecule has 1 aliphatic heterocycles. The van der Waals surface area contributed by atoms with E-state index in [-0.39, 0.29) is 6.10 Å². The summed E-state index contributed by atoms with van der Waals surface area (Å²) in [5.41, 5.74) is 0. The lowest BCUT2D eigenvalue weighted by Crippen LogP contribution is -2.44. The van der Waals surface area contributed by atoms with Gasteiger partial charge in [0.1, 0.15) is 0 Å². The van der Waals surface area contributed by atoms with Gasteiger partial charge < -0.3 is 10.4 Å². The Hall–Kier alpha value is -0.0800. The highest BCUT2D eigenvalue weighted by Crippen LogP contribution is 2.13. The van der Waals surface area contributed by atoms with Gasteiger partial charge in [-0.05, 0) is 25.8 Å². The number of aliphatic hydroxyl groups is 1. The molecule has 66 valence electrons. The van der Waals surface area contributed by atoms with Crippen LogP contribution in [0.5, 0.6) is 0 Å². The number of hydrogen-bond donors (Lipinski definition) is 2. The van der Waals surface area contributed by atoms with Gasteiger partial charge in [0.25, 0.3) is 0 Å². The quantitative estimate of drug-likeness (QED) is 0.647. The van der Waals surface area contributed by atoms with Gasteiger partial charge in [0.05, 0.1) is 6.10 Å². The Balaban J connectivity index is 2.18. The molecule has 0 unspecified atom stereocenters. The molecule has 0 aromatic rings. The standard InChI is InChI=1S/C9H19NO/c1-2-3-5-8-9(11)6-4-7-10-8/h8-11H,2-7H2,1H3/t8-,9+/m1/s1. The topological polar surface area (TPSA) is 32.3 Å². The highest BCUT2D eigenvalue weighted by molar-refractivity contribution is 4.79. The monoisotopic (exact) mass is 157 g/mol. The first-order valence-corrected chi connectivity index (χ1v) is 4.76. The Bertz CT molecular complexity index is 106. The third-order valence-corrected chi connectivity index (χ3v) is 2.42. The maximum Gasteiger partial charge on any atom is 0.0693 e. The first-order valence-electron chi connectivity index (χ1n) is 4.76. The van der Waals surface area contributed by atoms with Gasteiger partial charge in [-0.15, -0.1) is 0 Å². The molecule has 2 N–H and O–H groups in total. The van der Waals surface area contributed by atoms with E-state index in [1.807, 2.05) is 0 Å². The lowest BCUT2D eigenvalue weighted by Gasteiger charge is -2.28. The van der Waals surface area contributed by atoms with Gasteiger partial charge in [0, 0.05) is 6.04 Å². The molecule has 1 aliphatic rings. The smallest absolute Gasteiger partial charge is 0.0693 e. The van der Waals surface area contributed by atoms with E-state index in [2.05, 4.69) is 12.2 Å². The predicted molar refractivity (Wildman–Crippen MR) is 46.6 cm³/mol. The molecule has 1 heterocycles. The zero-order valence-corrected chi connectivity index (χ0v) is 7.34. The van der Waals surface area contributed by atoms with Crippen molar-refractivity contribution in [1.29, 1.82) is 0 Å². The average molecular weight is 157 g/mol. The summed E-state index contributed by atoms with van der Waals surface area (Å²) in [5, 5.41) is 12.9. The normalized spacial score (nSPS) is 32.2. The van der Waals surface area contributed by atoms with E-state index in [9.17, 15) is 5.11 Å². The molecule has 2 nitrogen and oxygen atoms in total. The molecule has 1 saturated heterocycles. The number of unbranched alkanes of at least 4 members (excludes halogenated alkanes) is 1. The molecule has 0 spiro atoms. The molecule has 1 rings (SSSR count). The molecule has 2 heteroatoms. The van der Waals surface area contributed by atoms with Crippen molar-refractivity contribution in [2.45, 2.75) is 51.2 Å². The largest absolute Gasteiger partial charge is 0.392 e. The van der Waals surface area contributed by atoms with Crippen LogP contribution in [0.4, 0.5) is 0 Å². The van der Waals surface area contributed by atoms with Crippen molar-refractivity contribution in [3.05, 3.63) is 0 Å². The van der Waals surface area contributed by atoms with Gasteiger partial charge in [0.15, 0.2) is 0 Å². The van der Waals surface area contributed by atoms with E-state index in [4.69, 9.17) is 0 Å². The predicted octanol–water partition coefficient (Wildman–Crippen LogP) is 1.29. The van der Waals surface area contributed by atoms with Crippen LogP contribution in [0.25, 0.3) is 0 Å². The summed E-state index contributed by atoms with van der Waals surface area (Å²) >= 11 is 0. The van der Waals surface area contributed by atoms with Gasteiger partial charge in [-0.25, -0.2) is 0 Å². The summed E-state index contributed by atoms with van der Waals surface area (Å²) in [6, 6.07) is 0.378. The highest BCUT2D eigenvalue weighted by Gasteiger charge is 2.20. The Morgan fingerprint density at radius 1 is 1.55 bits per heavy atom. The first kappa shape index (κ1) is 9.01. The minimum atomic E-state index is -0.0877. The van der Waals surface area contributed by atoms with Crippen molar-refractivity contribution in [2.75, 3.05) is 6.54 Å². The van der Waals surface area contributed by atoms with E-state index >= 15 is 0 Å². The SMILES string of the molecule is CCCC[C@H]1NCCC[C@@H]1O. The van der Waals surface area contributed by atoms with Gasteiger partial charge >= 0.3 is 0 Å². The minimum absolute atomic E-state index is 0.0877. The molecule has 0 aromatic carbocycles. The van der Waals surface area contributed by atoms with Crippen LogP contribution in [0.15, 0.2) is 0 Å². The fourth-order valence-corrected chi connectivity index (χ4v) is 1.65. The van der Waals surface area contributed by atoms with Crippen molar-refractivity contribution < 1.29 is 5.11 Å². The lowest BCUT2D eigenvalue weighted by atomic mass is 9.97. The van der Waals surface area contributed by atoms with Crippen LogP contribution in [-0.4, -0.2) is 23.8 Å². The van der Waals surface area contributed by atoms with E-state index in [1.165, 1.54) is 12.8 Å².